The van der Waals surface area contributed by atoms with Crippen LogP contribution < -0.4 is 19.7 Å². The molecule has 1 heterocycles. The third-order valence-electron chi connectivity index (χ3n) is 4.27. The minimum Gasteiger partial charge on any atom is -0.495 e. The Kier molecular flexibility index (Phi) is 5.11. The maximum atomic E-state index is 12.5. The summed E-state index contributed by atoms with van der Waals surface area (Å²) < 4.78 is 10.9. The first-order valence-electron chi connectivity index (χ1n) is 8.51. The van der Waals surface area contributed by atoms with Crippen molar-refractivity contribution in [2.45, 2.75) is 26.4 Å². The van der Waals surface area contributed by atoms with Crippen molar-refractivity contribution >= 4 is 23.2 Å². The second-order valence-corrected chi connectivity index (χ2v) is 6.22. The van der Waals surface area contributed by atoms with Crippen LogP contribution in [0.4, 0.5) is 11.4 Å². The number of benzene rings is 2. The zero-order chi connectivity index (χ0) is 18.7. The fraction of sp³-hybridized carbons (Fsp3) is 0.300. The monoisotopic (exact) mass is 354 g/mol. The Morgan fingerprint density at radius 1 is 1.27 bits per heavy atom. The van der Waals surface area contributed by atoms with Crippen LogP contribution in [0.25, 0.3) is 0 Å². The van der Waals surface area contributed by atoms with E-state index in [1.54, 1.807) is 18.9 Å². The van der Waals surface area contributed by atoms with Crippen LogP contribution in [0.5, 0.6) is 11.5 Å². The van der Waals surface area contributed by atoms with E-state index in [0.717, 1.165) is 5.56 Å². The van der Waals surface area contributed by atoms with E-state index in [0.29, 0.717) is 22.9 Å². The smallest absolute Gasteiger partial charge is 0.267 e. The Morgan fingerprint density at radius 3 is 2.81 bits per heavy atom. The van der Waals surface area contributed by atoms with Gasteiger partial charge >= 0.3 is 0 Å². The summed E-state index contributed by atoms with van der Waals surface area (Å²) in [6, 6.07) is 12.9. The summed E-state index contributed by atoms with van der Waals surface area (Å²) in [5.74, 6) is 0.925. The first-order valence-corrected chi connectivity index (χ1v) is 8.51. The van der Waals surface area contributed by atoms with E-state index in [9.17, 15) is 9.59 Å². The standard InChI is InChI=1S/C20H22N2O4/c1-13-8-9-17(25-3)15(12-13)21-19(23)10-11-22-16-6-4-5-7-18(16)26-14(2)20(22)24/h4-9,12,14H,10-11H2,1-3H3,(H,21,23)/t14-/m1/s1. The largest absolute Gasteiger partial charge is 0.495 e. The van der Waals surface area contributed by atoms with Crippen molar-refractivity contribution in [1.82, 2.24) is 0 Å². The van der Waals surface area contributed by atoms with Crippen molar-refractivity contribution in [3.8, 4) is 11.5 Å². The van der Waals surface area contributed by atoms with Crippen LogP contribution in [0, 0.1) is 6.92 Å². The lowest BCUT2D eigenvalue weighted by Crippen LogP contribution is -2.45. The molecule has 0 fully saturated rings. The number of carbonyl (C=O) groups excluding carboxylic acids is 2. The average Bonchev–Trinajstić information content (AvgIpc) is 2.62. The van der Waals surface area contributed by atoms with E-state index in [1.807, 2.05) is 49.4 Å². The van der Waals surface area contributed by atoms with E-state index in [2.05, 4.69) is 5.32 Å². The van der Waals surface area contributed by atoms with E-state index in [1.165, 1.54) is 0 Å². The van der Waals surface area contributed by atoms with E-state index in [-0.39, 0.29) is 24.8 Å². The molecular formula is C20H22N2O4. The molecule has 0 radical (unpaired) electrons. The molecule has 3 rings (SSSR count). The van der Waals surface area contributed by atoms with Gasteiger partial charge in [-0.3, -0.25) is 9.59 Å². The van der Waals surface area contributed by atoms with Crippen molar-refractivity contribution in [1.29, 1.82) is 0 Å². The van der Waals surface area contributed by atoms with Crippen molar-refractivity contribution in [3.63, 3.8) is 0 Å². The van der Waals surface area contributed by atoms with E-state index >= 15 is 0 Å². The highest BCUT2D eigenvalue weighted by Gasteiger charge is 2.31. The van der Waals surface area contributed by atoms with Gasteiger partial charge in [-0.25, -0.2) is 0 Å². The molecule has 0 bridgehead atoms. The Morgan fingerprint density at radius 2 is 2.04 bits per heavy atom. The predicted octanol–water partition coefficient (Wildman–Crippen LogP) is 3.15. The van der Waals surface area contributed by atoms with Gasteiger partial charge in [-0.05, 0) is 43.7 Å². The number of carbonyl (C=O) groups is 2. The van der Waals surface area contributed by atoms with Gasteiger partial charge in [0.05, 0.1) is 18.5 Å². The fourth-order valence-electron chi connectivity index (χ4n) is 2.94. The van der Waals surface area contributed by atoms with Gasteiger partial charge in [0.1, 0.15) is 11.5 Å². The van der Waals surface area contributed by atoms with Gasteiger partial charge in [0.2, 0.25) is 5.91 Å². The maximum Gasteiger partial charge on any atom is 0.267 e. The number of para-hydroxylation sites is 2. The first-order chi connectivity index (χ1) is 12.5. The number of ether oxygens (including phenoxy) is 2. The highest BCUT2D eigenvalue weighted by atomic mass is 16.5. The van der Waals surface area contributed by atoms with E-state index in [4.69, 9.17) is 9.47 Å². The number of hydrogen-bond acceptors (Lipinski definition) is 4. The highest BCUT2D eigenvalue weighted by Crippen LogP contribution is 2.33. The molecule has 0 unspecified atom stereocenters. The molecule has 0 spiro atoms. The minimum absolute atomic E-state index is 0.148. The third kappa shape index (κ3) is 3.64. The first kappa shape index (κ1) is 17.8. The number of methoxy groups -OCH3 is 1. The SMILES string of the molecule is COc1ccc(C)cc1NC(=O)CCN1C(=O)[C@@H](C)Oc2ccccc21. The number of amides is 2. The lowest BCUT2D eigenvalue weighted by molar-refractivity contribution is -0.125. The summed E-state index contributed by atoms with van der Waals surface area (Å²) >= 11 is 0. The lowest BCUT2D eigenvalue weighted by Gasteiger charge is -2.32. The second-order valence-electron chi connectivity index (χ2n) is 6.22. The van der Waals surface area contributed by atoms with E-state index < -0.39 is 6.10 Å². The number of anilines is 2. The zero-order valence-electron chi connectivity index (χ0n) is 15.1. The van der Waals surface area contributed by atoms with Crippen LogP contribution in [0.2, 0.25) is 0 Å². The number of nitrogens with zero attached hydrogens (tertiary/aromatic N) is 1. The molecule has 0 saturated heterocycles. The Labute approximate surface area is 152 Å². The number of aryl methyl sites for hydroxylation is 1. The maximum absolute atomic E-state index is 12.5. The summed E-state index contributed by atoms with van der Waals surface area (Å²) in [4.78, 5) is 26.5. The molecule has 6 heteroatoms. The van der Waals surface area contributed by atoms with Crippen molar-refractivity contribution in [3.05, 3.63) is 48.0 Å². The summed E-state index contributed by atoms with van der Waals surface area (Å²) in [7, 11) is 1.56. The molecule has 26 heavy (non-hydrogen) atoms. The summed E-state index contributed by atoms with van der Waals surface area (Å²) in [5.41, 5.74) is 2.34. The van der Waals surface area contributed by atoms with Gasteiger partial charge in [-0.1, -0.05) is 18.2 Å². The minimum atomic E-state index is -0.565. The molecule has 1 aliphatic heterocycles. The Hall–Kier alpha value is -3.02. The molecule has 2 amide bonds. The molecule has 6 nitrogen and oxygen atoms in total. The summed E-state index contributed by atoms with van der Waals surface area (Å²) in [6.45, 7) is 3.94. The molecule has 0 saturated carbocycles. The Balaban J connectivity index is 1.70. The fourth-order valence-corrected chi connectivity index (χ4v) is 2.94. The molecule has 136 valence electrons. The van der Waals surface area contributed by atoms with Crippen LogP contribution in [0.3, 0.4) is 0 Å². The zero-order valence-corrected chi connectivity index (χ0v) is 15.1. The van der Waals surface area contributed by atoms with Crippen LogP contribution >= 0.6 is 0 Å². The molecule has 1 aliphatic rings. The predicted molar refractivity (Wildman–Crippen MR) is 99.9 cm³/mol. The van der Waals surface area contributed by atoms with Crippen LogP contribution in [0.1, 0.15) is 18.9 Å². The van der Waals surface area contributed by atoms with Crippen LogP contribution in [-0.4, -0.2) is 31.6 Å². The highest BCUT2D eigenvalue weighted by molar-refractivity contribution is 6.01. The molecule has 0 aromatic heterocycles. The number of rotatable bonds is 5. The van der Waals surface area contributed by atoms with Gasteiger partial charge in [-0.2, -0.15) is 0 Å². The van der Waals surface area contributed by atoms with Crippen molar-refractivity contribution in [2.75, 3.05) is 23.9 Å². The molecule has 2 aromatic rings. The van der Waals surface area contributed by atoms with Crippen molar-refractivity contribution in [2.24, 2.45) is 0 Å². The lowest BCUT2D eigenvalue weighted by atomic mass is 10.1. The topological polar surface area (TPSA) is 67.9 Å². The molecule has 0 aliphatic carbocycles. The van der Waals surface area contributed by atoms with Gasteiger partial charge in [0, 0.05) is 13.0 Å². The van der Waals surface area contributed by atoms with Crippen LogP contribution in [-0.2, 0) is 9.59 Å². The summed E-state index contributed by atoms with van der Waals surface area (Å²) in [6.07, 6.45) is -0.394. The number of fused-ring (bicyclic) bond motifs is 1. The number of nitrogens with one attached hydrogen (secondary N) is 1. The molecular weight excluding hydrogens is 332 g/mol. The number of hydrogen-bond donors (Lipinski definition) is 1. The van der Waals surface area contributed by atoms with Gasteiger partial charge in [0.15, 0.2) is 6.10 Å². The van der Waals surface area contributed by atoms with Gasteiger partial charge in [0.25, 0.3) is 5.91 Å². The van der Waals surface area contributed by atoms with Crippen molar-refractivity contribution < 1.29 is 19.1 Å². The van der Waals surface area contributed by atoms with Gasteiger partial charge < -0.3 is 19.7 Å². The second kappa shape index (κ2) is 7.47. The molecule has 1 N–H and O–H groups in total. The summed E-state index contributed by atoms with van der Waals surface area (Å²) in [5, 5.41) is 2.86. The average molecular weight is 354 g/mol. The molecule has 2 aromatic carbocycles. The molecule has 1 atom stereocenters. The quantitative estimate of drug-likeness (QED) is 0.896. The normalized spacial score (nSPS) is 15.9. The van der Waals surface area contributed by atoms with Gasteiger partial charge in [-0.15, -0.1) is 0 Å². The van der Waals surface area contributed by atoms with Crippen LogP contribution in [0.15, 0.2) is 42.5 Å². The third-order valence-corrected chi connectivity index (χ3v) is 4.27. The Bertz CT molecular complexity index is 834.